The summed E-state index contributed by atoms with van der Waals surface area (Å²) in [7, 11) is 0. The van der Waals surface area contributed by atoms with E-state index in [4.69, 9.17) is 4.74 Å². The molecule has 7 nitrogen and oxygen atoms in total. The van der Waals surface area contributed by atoms with Crippen molar-refractivity contribution in [1.82, 2.24) is 30.2 Å². The number of hydrogen-bond donors (Lipinski definition) is 2. The lowest BCUT2D eigenvalue weighted by molar-refractivity contribution is -0.00389. The molecule has 0 aromatic rings. The maximum atomic E-state index is 5.25. The summed E-state index contributed by atoms with van der Waals surface area (Å²) in [5.41, 5.74) is 2.05. The monoisotopic (exact) mass is 681 g/mol. The second-order valence-electron chi connectivity index (χ2n) is 19.8. The molecule has 0 aromatic heterocycles. The summed E-state index contributed by atoms with van der Waals surface area (Å²) >= 11 is 0. The number of morpholine rings is 1. The summed E-state index contributed by atoms with van der Waals surface area (Å²) in [6, 6.07) is 0. The fourth-order valence-electron chi connectivity index (χ4n) is 6.81. The summed E-state index contributed by atoms with van der Waals surface area (Å²) in [6.07, 6.45) is 8.37. The van der Waals surface area contributed by atoms with Crippen LogP contribution in [-0.4, -0.2) is 134 Å². The molecular weight excluding hydrogens is 592 g/mol. The Morgan fingerprint density at radius 3 is 0.979 bits per heavy atom. The topological polar surface area (TPSA) is 46.2 Å². The van der Waals surface area contributed by atoms with Crippen LogP contribution in [0.1, 0.15) is 142 Å². The van der Waals surface area contributed by atoms with Crippen LogP contribution in [0.2, 0.25) is 0 Å². The Morgan fingerprint density at radius 1 is 0.396 bits per heavy atom. The van der Waals surface area contributed by atoms with E-state index in [1.807, 2.05) is 0 Å². The Morgan fingerprint density at radius 2 is 0.729 bits per heavy atom. The third-order valence-corrected chi connectivity index (χ3v) is 10.7. The van der Waals surface area contributed by atoms with E-state index in [0.29, 0.717) is 27.6 Å². The largest absolute Gasteiger partial charge is 0.379 e. The lowest BCUT2D eigenvalue weighted by Crippen LogP contribution is -2.51. The molecule has 0 spiro atoms. The zero-order valence-corrected chi connectivity index (χ0v) is 35.4. The van der Waals surface area contributed by atoms with E-state index >= 15 is 0 Å². The smallest absolute Gasteiger partial charge is 0.0594 e. The van der Waals surface area contributed by atoms with Crippen LogP contribution in [-0.2, 0) is 4.74 Å². The first-order valence-electron chi connectivity index (χ1n) is 20.0. The number of rotatable bonds is 0. The normalized spacial score (nSPS) is 23.1. The molecule has 0 unspecified atom stereocenters. The second-order valence-corrected chi connectivity index (χ2v) is 19.8. The first kappa shape index (κ1) is 45.7. The van der Waals surface area contributed by atoms with Gasteiger partial charge in [0.2, 0.25) is 0 Å². The molecule has 0 aliphatic carbocycles. The van der Waals surface area contributed by atoms with Crippen molar-refractivity contribution in [2.75, 3.05) is 91.8 Å². The van der Waals surface area contributed by atoms with Crippen LogP contribution in [0.5, 0.6) is 0 Å². The highest BCUT2D eigenvalue weighted by atomic mass is 16.5. The highest BCUT2D eigenvalue weighted by molar-refractivity contribution is 4.83. The van der Waals surface area contributed by atoms with E-state index in [-0.39, 0.29) is 0 Å². The van der Waals surface area contributed by atoms with Gasteiger partial charge in [0.25, 0.3) is 0 Å². The number of piperidine rings is 2. The van der Waals surface area contributed by atoms with Gasteiger partial charge in [-0.1, -0.05) is 27.2 Å². The Labute approximate surface area is 302 Å². The quantitative estimate of drug-likeness (QED) is 0.273. The van der Waals surface area contributed by atoms with Crippen molar-refractivity contribution in [3.63, 3.8) is 0 Å². The molecule has 5 aliphatic rings. The number of ether oxygens (including phenoxy) is 1. The minimum absolute atomic E-state index is 0.323. The van der Waals surface area contributed by atoms with Gasteiger partial charge in [-0.3, -0.25) is 19.6 Å². The molecule has 288 valence electrons. The van der Waals surface area contributed by atoms with Crippen molar-refractivity contribution in [2.45, 2.75) is 165 Å². The molecule has 48 heavy (non-hydrogen) atoms. The van der Waals surface area contributed by atoms with Crippen LogP contribution < -0.4 is 10.6 Å². The first-order valence-corrected chi connectivity index (χ1v) is 20.0. The molecule has 0 atom stereocenters. The van der Waals surface area contributed by atoms with Gasteiger partial charge in [-0.2, -0.15) is 0 Å². The summed E-state index contributed by atoms with van der Waals surface area (Å²) in [5.74, 6) is 0.939. The van der Waals surface area contributed by atoms with E-state index in [2.05, 4.69) is 134 Å². The Hall–Kier alpha value is -0.280. The van der Waals surface area contributed by atoms with E-state index in [1.54, 1.807) is 0 Å². The van der Waals surface area contributed by atoms with Gasteiger partial charge in [-0.15, -0.1) is 0 Å². The number of piperazine rings is 1. The zero-order valence-electron chi connectivity index (χ0n) is 35.4. The molecule has 5 aliphatic heterocycles. The van der Waals surface area contributed by atoms with Gasteiger partial charge in [-0.05, 0) is 166 Å². The van der Waals surface area contributed by atoms with E-state index < -0.39 is 0 Å². The Balaban J connectivity index is 0.000000301. The minimum Gasteiger partial charge on any atom is -0.379 e. The van der Waals surface area contributed by atoms with Gasteiger partial charge in [0.15, 0.2) is 0 Å². The van der Waals surface area contributed by atoms with Gasteiger partial charge >= 0.3 is 0 Å². The minimum atomic E-state index is 0.323. The highest BCUT2D eigenvalue weighted by Gasteiger charge is 2.27. The van der Waals surface area contributed by atoms with Crippen molar-refractivity contribution in [2.24, 2.45) is 11.3 Å². The number of likely N-dealkylation sites (tertiary alicyclic amines) is 2. The van der Waals surface area contributed by atoms with E-state index in [9.17, 15) is 0 Å². The molecule has 0 aromatic carbocycles. The third kappa shape index (κ3) is 19.9. The van der Waals surface area contributed by atoms with Gasteiger partial charge in [0.05, 0.1) is 13.2 Å². The third-order valence-electron chi connectivity index (χ3n) is 10.7. The molecule has 7 heteroatoms. The molecule has 0 amide bonds. The summed E-state index contributed by atoms with van der Waals surface area (Å²) in [4.78, 5) is 10.0. The maximum Gasteiger partial charge on any atom is 0.0594 e. The summed E-state index contributed by atoms with van der Waals surface area (Å²) in [5, 5.41) is 6.73. The number of nitrogens with one attached hydrogen (secondary N) is 2. The summed E-state index contributed by atoms with van der Waals surface area (Å²) in [6.45, 7) is 50.7. The number of hydrogen-bond acceptors (Lipinski definition) is 7. The Kier molecular flexibility index (Phi) is 20.3. The van der Waals surface area contributed by atoms with Crippen LogP contribution >= 0.6 is 0 Å². The molecule has 5 heterocycles. The fraction of sp³-hybridized carbons (Fsp3) is 1.00. The van der Waals surface area contributed by atoms with Crippen LogP contribution in [0.3, 0.4) is 0 Å². The lowest BCUT2D eigenvalue weighted by atomic mass is 9.76. The number of nitrogens with zero attached hydrogens (tertiary/aromatic N) is 4. The van der Waals surface area contributed by atoms with Gasteiger partial charge in [-0.25, -0.2) is 0 Å². The van der Waals surface area contributed by atoms with Crippen molar-refractivity contribution in [3.05, 3.63) is 0 Å². The van der Waals surface area contributed by atoms with Crippen molar-refractivity contribution < 1.29 is 4.74 Å². The predicted octanol–water partition coefficient (Wildman–Crippen LogP) is 7.60. The van der Waals surface area contributed by atoms with Gasteiger partial charge in [0, 0.05) is 61.4 Å². The molecule has 5 rings (SSSR count). The Bertz CT molecular complexity index is 673. The summed E-state index contributed by atoms with van der Waals surface area (Å²) < 4.78 is 5.25. The van der Waals surface area contributed by atoms with Crippen molar-refractivity contribution >= 4 is 0 Å². The average Bonchev–Trinajstić information content (AvgIpc) is 2.97. The lowest BCUT2D eigenvalue weighted by Gasteiger charge is -2.42. The van der Waals surface area contributed by atoms with Crippen LogP contribution in [0.25, 0.3) is 0 Å². The van der Waals surface area contributed by atoms with Crippen LogP contribution in [0, 0.1) is 11.3 Å². The molecule has 5 saturated heterocycles. The molecule has 0 radical (unpaired) electrons. The average molecular weight is 681 g/mol. The standard InChI is InChI=1S/2C9H19N.C8H18N2.C8H17NO.C7H15N/c1-9(2,3)8-4-6-10-7-5-8;1-9(2,3)10-7-5-4-6-8-10;1-8(2,3)10-6-4-9-5-7-10;1-8(2,3)9-4-6-10-7-5-9;1-7(2,3)8-5-4-6-8/h8,10H,4-7H2,1-3H3;4-8H2,1-3H3;9H,4-7H2,1-3H3;4-7H2,1-3H3;4-6H2,1-3H3. The maximum absolute atomic E-state index is 5.25. The SMILES string of the molecule is CC(C)(C)C1CCNCC1.CC(C)(C)N1CCC1.CC(C)(C)N1CCCCC1.CC(C)(C)N1CCNCC1.CC(C)(C)N1CCOCC1. The van der Waals surface area contributed by atoms with Crippen molar-refractivity contribution in [3.8, 4) is 0 Å². The molecule has 2 N–H and O–H groups in total. The molecule has 5 fully saturated rings. The first-order chi connectivity index (χ1) is 22.0. The van der Waals surface area contributed by atoms with Crippen LogP contribution in [0.15, 0.2) is 0 Å². The van der Waals surface area contributed by atoms with E-state index in [0.717, 1.165) is 45.3 Å². The molecular formula is C41H88N6O. The second kappa shape index (κ2) is 21.3. The van der Waals surface area contributed by atoms with E-state index in [1.165, 1.54) is 90.9 Å². The van der Waals surface area contributed by atoms with Gasteiger partial charge in [0.1, 0.15) is 0 Å². The van der Waals surface area contributed by atoms with Crippen molar-refractivity contribution in [1.29, 1.82) is 0 Å². The van der Waals surface area contributed by atoms with Gasteiger partial charge < -0.3 is 15.4 Å². The molecule has 0 bridgehead atoms. The zero-order chi connectivity index (χ0) is 36.7. The molecule has 0 saturated carbocycles. The predicted molar refractivity (Wildman–Crippen MR) is 213 cm³/mol. The fourth-order valence-corrected chi connectivity index (χ4v) is 6.81. The van der Waals surface area contributed by atoms with Crippen LogP contribution in [0.4, 0.5) is 0 Å². The highest BCUT2D eigenvalue weighted by Crippen LogP contribution is 2.32.